The van der Waals surface area contributed by atoms with E-state index >= 15 is 0 Å². The fraction of sp³-hybridized carbons (Fsp3) is 0.586. The van der Waals surface area contributed by atoms with Gasteiger partial charge in [0.15, 0.2) is 0 Å². The summed E-state index contributed by atoms with van der Waals surface area (Å²) in [6.45, 7) is 1.43. The van der Waals surface area contributed by atoms with Crippen LogP contribution in [0.1, 0.15) is 109 Å². The number of terminal acetylenes is 1. The number of nitrogens with zero attached hydrogens (tertiary/aromatic N) is 2. The number of hydrogen-bond donors (Lipinski definition) is 19. The molecule has 0 saturated carbocycles. The van der Waals surface area contributed by atoms with Crippen LogP contribution in [0, 0.1) is 18.3 Å². The van der Waals surface area contributed by atoms with E-state index in [1.165, 1.54) is 83.9 Å². The first kappa shape index (κ1) is 90.6. The smallest absolute Gasteiger partial charge is 0.326 e. The van der Waals surface area contributed by atoms with Gasteiger partial charge >= 0.3 is 11.9 Å². The Kier molecular flexibility index (Phi) is 38.9. The Balaban J connectivity index is 1.43. The van der Waals surface area contributed by atoms with Crippen LogP contribution in [0.2, 0.25) is 0 Å². The lowest BCUT2D eigenvalue weighted by Crippen LogP contribution is -2.62. The van der Waals surface area contributed by atoms with E-state index in [0.717, 1.165) is 4.90 Å². The molecular weight excluding hydrogens is 1450 g/mol. The largest absolute Gasteiger partial charge is 0.508 e. The molecule has 108 heavy (non-hydrogen) atoms. The van der Waals surface area contributed by atoms with E-state index in [4.69, 9.17) is 12.2 Å². The molecule has 0 spiro atoms. The number of rotatable bonds is 46. The molecular formula is C70H102N14O22S2. The van der Waals surface area contributed by atoms with Crippen molar-refractivity contribution in [2.45, 2.75) is 189 Å². The number of carboxylic acid groups (broad SMARTS) is 2. The Morgan fingerprint density at radius 3 is 1.43 bits per heavy atom. The molecule has 0 aromatic heterocycles. The van der Waals surface area contributed by atoms with E-state index in [-0.39, 0.29) is 114 Å². The first-order valence-corrected chi connectivity index (χ1v) is 38.0. The second-order valence-corrected chi connectivity index (χ2v) is 28.2. The number of carboxylic acids is 2. The number of aliphatic hydroxyl groups excluding tert-OH is 3. The zero-order chi connectivity index (χ0) is 80.3. The predicted molar refractivity (Wildman–Crippen MR) is 393 cm³/mol. The fourth-order valence-electron chi connectivity index (χ4n) is 11.6. The van der Waals surface area contributed by atoms with Gasteiger partial charge in [-0.2, -0.15) is 23.5 Å². The lowest BCUT2D eigenvalue weighted by molar-refractivity contribution is -0.145. The third kappa shape index (κ3) is 29.4. The van der Waals surface area contributed by atoms with E-state index in [2.05, 4.69) is 64.4 Å². The average molecular weight is 1560 g/mol. The number of nitrogens with one attached hydrogen (secondary N) is 11. The molecule has 20 N–H and O–H groups in total. The summed E-state index contributed by atoms with van der Waals surface area (Å²) < 4.78 is 0. The second kappa shape index (κ2) is 46.4. The van der Waals surface area contributed by atoms with Crippen molar-refractivity contribution >= 4 is 112 Å². The third-order valence-electron chi connectivity index (χ3n) is 17.7. The Hall–Kier alpha value is -9.81. The zero-order valence-electron chi connectivity index (χ0n) is 60.9. The molecule has 2 aliphatic rings. The number of amides is 13. The highest BCUT2D eigenvalue weighted by Crippen LogP contribution is 2.24. The summed E-state index contributed by atoms with van der Waals surface area (Å²) in [6, 6.07) is -8.08. The number of phenols is 2. The van der Waals surface area contributed by atoms with Gasteiger partial charge in [-0.1, -0.05) is 38.1 Å². The molecule has 13 atom stereocenters. The maximum Gasteiger partial charge on any atom is 0.326 e. The molecule has 36 nitrogen and oxygen atoms in total. The molecule has 2 saturated heterocycles. The highest BCUT2D eigenvalue weighted by molar-refractivity contribution is 7.98. The highest BCUT2D eigenvalue weighted by Gasteiger charge is 2.44. The topological polar surface area (TPSA) is 562 Å². The Labute approximate surface area is 633 Å². The van der Waals surface area contributed by atoms with Gasteiger partial charge in [-0.25, -0.2) is 4.79 Å². The Morgan fingerprint density at radius 2 is 0.944 bits per heavy atom. The highest BCUT2D eigenvalue weighted by atomic mass is 32.2. The third-order valence-corrected chi connectivity index (χ3v) is 19.0. The van der Waals surface area contributed by atoms with Crippen molar-refractivity contribution in [3.05, 3.63) is 59.7 Å². The zero-order valence-corrected chi connectivity index (χ0v) is 62.5. The monoisotopic (exact) mass is 1550 g/mol. The minimum Gasteiger partial charge on any atom is -0.508 e. The molecule has 0 aliphatic carbocycles. The second-order valence-electron chi connectivity index (χ2n) is 26.3. The van der Waals surface area contributed by atoms with Crippen molar-refractivity contribution in [1.82, 2.24) is 68.3 Å². The van der Waals surface area contributed by atoms with Gasteiger partial charge in [-0.3, -0.25) is 67.1 Å². The van der Waals surface area contributed by atoms with Crippen LogP contribution < -0.4 is 64.2 Å². The number of carbonyl (C=O) groups is 15. The van der Waals surface area contributed by atoms with Crippen LogP contribution in [-0.4, -0.2) is 276 Å². The van der Waals surface area contributed by atoms with Gasteiger partial charge in [0.05, 0.1) is 32.3 Å². The molecule has 13 amide bonds. The number of aliphatic carboxylic acids is 2. The van der Waals surface area contributed by atoms with Crippen molar-refractivity contribution in [3.8, 4) is 23.8 Å². The summed E-state index contributed by atoms with van der Waals surface area (Å²) >= 11 is 2.64. The van der Waals surface area contributed by atoms with Crippen molar-refractivity contribution in [1.29, 1.82) is 0 Å². The number of phenolic OH excluding ortho intramolecular Hbond substituents is 2. The maximum absolute atomic E-state index is 14.6. The number of aromatic hydroxyl groups is 2. The van der Waals surface area contributed by atoms with E-state index in [1.807, 2.05) is 0 Å². The quantitative estimate of drug-likeness (QED) is 0.0219. The van der Waals surface area contributed by atoms with Gasteiger partial charge < -0.3 is 110 Å². The lowest BCUT2D eigenvalue weighted by Gasteiger charge is -2.32. The SMILES string of the molecule is C#CCCC(=O)NCCCC[C@@H](NC(=O)[C@H](CO)NC(=O)[C@H](CCSC)NC(=O)[C@H](CCSC)NC(=O)[C@@H]1CCCN1C(=O)[C@@H](NC(=O)[C@H](CO)NC(=O)[C@H](CC(=O)O)NC(=O)[C@@H]1CCCN1C(=O)[C@H](Cc1ccc(O)cc1)NC(=O)[C@H](C)NC(=O)[C@H](CO)NC(=O)[C@@H](N)Cc1ccc(O)cc1)C(C)C)C(=O)O. The van der Waals surface area contributed by atoms with E-state index in [9.17, 15) is 108 Å². The summed E-state index contributed by atoms with van der Waals surface area (Å²) in [4.78, 5) is 206. The summed E-state index contributed by atoms with van der Waals surface area (Å²) in [5.41, 5.74) is 7.03. The number of thioether (sulfide) groups is 2. The van der Waals surface area contributed by atoms with Crippen molar-refractivity contribution < 1.29 is 108 Å². The van der Waals surface area contributed by atoms with Crippen LogP contribution in [0.3, 0.4) is 0 Å². The van der Waals surface area contributed by atoms with Crippen LogP contribution >= 0.6 is 23.5 Å². The number of aliphatic hydroxyl groups is 3. The Morgan fingerprint density at radius 1 is 0.519 bits per heavy atom. The number of hydrogen-bond acceptors (Lipinski definition) is 23. The van der Waals surface area contributed by atoms with E-state index in [0.29, 0.717) is 29.1 Å². The fourth-order valence-corrected chi connectivity index (χ4v) is 12.5. The molecule has 2 aromatic carbocycles. The summed E-state index contributed by atoms with van der Waals surface area (Å²) in [5.74, 6) is -12.7. The van der Waals surface area contributed by atoms with Gasteiger partial charge in [-0.15, -0.1) is 12.3 Å². The van der Waals surface area contributed by atoms with Crippen LogP contribution in [0.25, 0.3) is 0 Å². The molecule has 0 radical (unpaired) electrons. The summed E-state index contributed by atoms with van der Waals surface area (Å²) in [6.07, 6.45) is 8.73. The number of nitrogens with two attached hydrogens (primary N) is 1. The first-order chi connectivity index (χ1) is 51.3. The van der Waals surface area contributed by atoms with Gasteiger partial charge in [0, 0.05) is 38.9 Å². The van der Waals surface area contributed by atoms with E-state index in [1.54, 1.807) is 26.4 Å². The molecule has 0 unspecified atom stereocenters. The summed E-state index contributed by atoms with van der Waals surface area (Å²) in [5, 5.41) is 97.2. The normalized spacial score (nSPS) is 17.0. The average Bonchev–Trinajstić information content (AvgIpc) is 1.60. The Bertz CT molecular complexity index is 3480. The first-order valence-electron chi connectivity index (χ1n) is 35.2. The van der Waals surface area contributed by atoms with Crippen LogP contribution in [0.15, 0.2) is 48.5 Å². The van der Waals surface area contributed by atoms with Gasteiger partial charge in [0.25, 0.3) is 0 Å². The molecule has 0 bridgehead atoms. The molecule has 2 fully saturated rings. The van der Waals surface area contributed by atoms with Crippen molar-refractivity contribution in [2.24, 2.45) is 11.7 Å². The lowest BCUT2D eigenvalue weighted by atomic mass is 10.0. The van der Waals surface area contributed by atoms with Crippen LogP contribution in [0.4, 0.5) is 0 Å². The van der Waals surface area contributed by atoms with E-state index < -0.39 is 194 Å². The van der Waals surface area contributed by atoms with Crippen molar-refractivity contribution in [2.75, 3.05) is 63.5 Å². The molecule has 38 heteroatoms. The molecule has 2 aromatic rings. The predicted octanol–water partition coefficient (Wildman–Crippen LogP) is -4.54. The number of carbonyl (C=O) groups excluding carboxylic acids is 13. The van der Waals surface area contributed by atoms with Crippen LogP contribution in [-0.2, 0) is 84.8 Å². The van der Waals surface area contributed by atoms with Crippen LogP contribution in [0.5, 0.6) is 11.5 Å². The molecule has 4 rings (SSSR count). The molecule has 2 aliphatic heterocycles. The number of benzene rings is 2. The minimum absolute atomic E-state index is 0.00643. The number of likely N-dealkylation sites (tertiary alicyclic amines) is 2. The van der Waals surface area contributed by atoms with Crippen molar-refractivity contribution in [3.63, 3.8) is 0 Å². The molecule has 596 valence electrons. The van der Waals surface area contributed by atoms with Gasteiger partial charge in [-0.05, 0) is 136 Å². The minimum atomic E-state index is -1.97. The standard InChI is InChI=1S/C70H102N14O22S2/c1-7-8-16-55(90)72-27-10-9-13-47(70(105)106)76-64(99)51(36-86)80-61(96)45(25-30-107-5)74-60(95)46(26-31-108-6)75-66(101)54-15-12-29-84(54)69(104)57(38(2)3)82-65(100)52(37-87)81-62(97)48(34-56(91)92)77-67(102)53-14-11-28-83(53)68(103)49(33-41-19-23-43(89)24-20-41)78-58(93)39(4)73-63(98)50(35-85)79-59(94)44(71)32-40-17-21-42(88)22-18-40/h1,17-24,38-39,44-54,57,85-89H,8-16,25-37,71H2,2-6H3,(H,72,90)(H,73,98)(H,74,95)(H,75,101)(H,76,99)(H,77,102)(H,78,93)(H,79,94)(H,80,96)(H,81,97)(H,82,100)(H,91,92)(H,105,106)/t39-,44-,45-,46-,47+,48-,49-,50-,51-,52-,53-,54-,57-/m0/s1. The van der Waals surface area contributed by atoms with Gasteiger partial charge in [0.2, 0.25) is 76.8 Å². The summed E-state index contributed by atoms with van der Waals surface area (Å²) in [7, 11) is 0. The van der Waals surface area contributed by atoms with Gasteiger partial charge in [0.1, 0.15) is 84.0 Å². The number of unbranched alkanes of at least 4 members (excludes halogenated alkanes) is 1. The maximum atomic E-state index is 14.6. The molecule has 2 heterocycles.